The average Bonchev–Trinajstić information content (AvgIpc) is 3.28. The van der Waals surface area contributed by atoms with Gasteiger partial charge in [-0.3, -0.25) is 4.90 Å². The fraction of sp³-hybridized carbons (Fsp3) is 0.522. The lowest BCUT2D eigenvalue weighted by Crippen LogP contribution is -2.50. The number of amides is 1. The lowest BCUT2D eigenvalue weighted by Gasteiger charge is -2.36. The van der Waals surface area contributed by atoms with Gasteiger partial charge in [-0.15, -0.1) is 23.1 Å². The number of ether oxygens (including phenoxy) is 3. The van der Waals surface area contributed by atoms with Crippen molar-refractivity contribution < 1.29 is 23.4 Å². The Hall–Kier alpha value is -2.35. The van der Waals surface area contributed by atoms with Crippen LogP contribution in [0.3, 0.4) is 0 Å². The van der Waals surface area contributed by atoms with E-state index < -0.39 is 17.4 Å². The maximum absolute atomic E-state index is 14.7. The SMILES string of the molecule is COc1cc(SC(CC2COC(C)(C)N2C(=O)OC(C)(C)C)c2sccc2F)c(C#N)cn1. The Morgan fingerprint density at radius 2 is 2.24 bits per heavy atom. The highest BCUT2D eigenvalue weighted by Crippen LogP contribution is 2.46. The van der Waals surface area contributed by atoms with E-state index in [9.17, 15) is 14.4 Å². The first-order valence-corrected chi connectivity index (χ1v) is 12.2. The molecular weight excluding hydrogens is 465 g/mol. The number of nitriles is 1. The van der Waals surface area contributed by atoms with Gasteiger partial charge in [0, 0.05) is 22.4 Å². The minimum absolute atomic E-state index is 0.293. The second kappa shape index (κ2) is 9.87. The van der Waals surface area contributed by atoms with Crippen LogP contribution in [0.2, 0.25) is 0 Å². The second-order valence-corrected chi connectivity index (χ2v) is 11.3. The van der Waals surface area contributed by atoms with E-state index in [1.54, 1.807) is 16.3 Å². The lowest BCUT2D eigenvalue weighted by molar-refractivity contribution is -0.0626. The number of halogens is 1. The summed E-state index contributed by atoms with van der Waals surface area (Å²) < 4.78 is 31.5. The van der Waals surface area contributed by atoms with E-state index in [0.29, 0.717) is 34.2 Å². The van der Waals surface area contributed by atoms with Gasteiger partial charge in [0.05, 0.1) is 30.2 Å². The highest BCUT2D eigenvalue weighted by molar-refractivity contribution is 7.99. The Bertz CT molecular complexity index is 1050. The van der Waals surface area contributed by atoms with E-state index in [-0.39, 0.29) is 17.1 Å². The van der Waals surface area contributed by atoms with Crippen LogP contribution in [-0.2, 0) is 9.47 Å². The predicted molar refractivity (Wildman–Crippen MR) is 125 cm³/mol. The molecule has 3 rings (SSSR count). The summed E-state index contributed by atoms with van der Waals surface area (Å²) in [7, 11) is 1.50. The molecule has 0 aromatic carbocycles. The maximum atomic E-state index is 14.7. The highest BCUT2D eigenvalue weighted by Gasteiger charge is 2.46. The fourth-order valence-electron chi connectivity index (χ4n) is 3.59. The van der Waals surface area contributed by atoms with Gasteiger partial charge in [0.2, 0.25) is 5.88 Å². The Balaban J connectivity index is 1.94. The minimum atomic E-state index is -0.867. The maximum Gasteiger partial charge on any atom is 0.412 e. The summed E-state index contributed by atoms with van der Waals surface area (Å²) in [6.45, 7) is 9.34. The van der Waals surface area contributed by atoms with Gasteiger partial charge < -0.3 is 14.2 Å². The molecule has 0 aliphatic carbocycles. The lowest BCUT2D eigenvalue weighted by atomic mass is 10.1. The summed E-state index contributed by atoms with van der Waals surface area (Å²) in [5.41, 5.74) is -1.16. The smallest absolute Gasteiger partial charge is 0.412 e. The van der Waals surface area contributed by atoms with E-state index in [0.717, 1.165) is 0 Å². The van der Waals surface area contributed by atoms with Crippen LogP contribution in [-0.4, -0.2) is 47.1 Å². The first-order chi connectivity index (χ1) is 15.4. The third kappa shape index (κ3) is 5.96. The number of carbonyl (C=O) groups is 1. The number of aromatic nitrogens is 1. The number of thiophene rings is 1. The van der Waals surface area contributed by atoms with Gasteiger partial charge in [-0.25, -0.2) is 14.2 Å². The summed E-state index contributed by atoms with van der Waals surface area (Å²) in [4.78, 5) is 19.9. The Labute approximate surface area is 201 Å². The van der Waals surface area contributed by atoms with Crippen LogP contribution in [0.4, 0.5) is 9.18 Å². The molecule has 0 saturated carbocycles. The van der Waals surface area contributed by atoms with Crippen LogP contribution < -0.4 is 4.74 Å². The summed E-state index contributed by atoms with van der Waals surface area (Å²) >= 11 is 2.65. The molecule has 1 aliphatic rings. The van der Waals surface area contributed by atoms with Crippen LogP contribution in [0.5, 0.6) is 5.88 Å². The molecule has 2 aromatic heterocycles. The Morgan fingerprint density at radius 3 is 2.82 bits per heavy atom. The number of thioether (sulfide) groups is 1. The van der Waals surface area contributed by atoms with Crippen LogP contribution in [0.1, 0.15) is 56.7 Å². The number of hydrogen-bond donors (Lipinski definition) is 0. The zero-order valence-electron chi connectivity index (χ0n) is 19.5. The molecule has 0 spiro atoms. The van der Waals surface area contributed by atoms with E-state index in [2.05, 4.69) is 11.1 Å². The molecule has 2 aromatic rings. The molecule has 1 fully saturated rings. The minimum Gasteiger partial charge on any atom is -0.481 e. The molecule has 2 unspecified atom stereocenters. The first kappa shape index (κ1) is 25.3. The van der Waals surface area contributed by atoms with Crippen LogP contribution >= 0.6 is 23.1 Å². The number of pyridine rings is 1. The quantitative estimate of drug-likeness (QED) is 0.473. The van der Waals surface area contributed by atoms with Crippen LogP contribution in [0.25, 0.3) is 0 Å². The largest absolute Gasteiger partial charge is 0.481 e. The van der Waals surface area contributed by atoms with Crippen molar-refractivity contribution in [3.05, 3.63) is 40.0 Å². The molecule has 178 valence electrons. The molecular formula is C23H28FN3O4S2. The van der Waals surface area contributed by atoms with Crippen LogP contribution in [0.15, 0.2) is 28.6 Å². The number of methoxy groups -OCH3 is 1. The molecule has 1 saturated heterocycles. The van der Waals surface area contributed by atoms with E-state index in [1.807, 2.05) is 34.6 Å². The molecule has 1 amide bonds. The normalized spacial score (nSPS) is 18.6. The number of carbonyl (C=O) groups excluding carboxylic acids is 1. The molecule has 3 heterocycles. The molecule has 10 heteroatoms. The zero-order chi connectivity index (χ0) is 24.4. The van der Waals surface area contributed by atoms with Crippen molar-refractivity contribution in [2.24, 2.45) is 0 Å². The number of hydrogen-bond acceptors (Lipinski definition) is 8. The van der Waals surface area contributed by atoms with Gasteiger partial charge in [0.1, 0.15) is 23.2 Å². The van der Waals surface area contributed by atoms with Crippen molar-refractivity contribution in [3.63, 3.8) is 0 Å². The predicted octanol–water partition coefficient (Wildman–Crippen LogP) is 5.76. The molecule has 1 aliphatic heterocycles. The monoisotopic (exact) mass is 493 g/mol. The summed E-state index contributed by atoms with van der Waals surface area (Å²) in [6, 6.07) is 4.88. The van der Waals surface area contributed by atoms with Crippen molar-refractivity contribution in [1.29, 1.82) is 5.26 Å². The molecule has 33 heavy (non-hydrogen) atoms. The molecule has 7 nitrogen and oxygen atoms in total. The highest BCUT2D eigenvalue weighted by atomic mass is 32.2. The summed E-state index contributed by atoms with van der Waals surface area (Å²) in [5, 5.41) is 10.9. The first-order valence-electron chi connectivity index (χ1n) is 10.4. The average molecular weight is 494 g/mol. The fourth-order valence-corrected chi connectivity index (χ4v) is 5.91. The molecule has 0 N–H and O–H groups in total. The van der Waals surface area contributed by atoms with Gasteiger partial charge in [-0.05, 0) is 52.5 Å². The Morgan fingerprint density at radius 1 is 1.52 bits per heavy atom. The standard InChI is InChI=1S/C23H28FN3O4S2/c1-22(2,3)31-21(28)27-15(13-30-23(27,4)5)9-18(20-16(24)7-8-32-20)33-17-10-19(29-6)26-12-14(17)11-25/h7-8,10,12,15,18H,9,13H2,1-6H3. The van der Waals surface area contributed by atoms with E-state index in [1.165, 1.54) is 42.5 Å². The van der Waals surface area contributed by atoms with Gasteiger partial charge >= 0.3 is 6.09 Å². The topological polar surface area (TPSA) is 84.7 Å². The van der Waals surface area contributed by atoms with Crippen molar-refractivity contribution >= 4 is 29.2 Å². The van der Waals surface area contributed by atoms with Crippen LogP contribution in [0, 0.1) is 17.1 Å². The third-order valence-electron chi connectivity index (χ3n) is 5.03. The molecule has 0 bridgehead atoms. The van der Waals surface area contributed by atoms with Gasteiger partial charge in [0.15, 0.2) is 0 Å². The number of nitrogens with zero attached hydrogens (tertiary/aromatic N) is 3. The van der Waals surface area contributed by atoms with Crippen molar-refractivity contribution in [3.8, 4) is 11.9 Å². The van der Waals surface area contributed by atoms with Gasteiger partial charge in [-0.2, -0.15) is 5.26 Å². The van der Waals surface area contributed by atoms with Crippen molar-refractivity contribution in [2.45, 2.75) is 68.6 Å². The van der Waals surface area contributed by atoms with Crippen molar-refractivity contribution in [2.75, 3.05) is 13.7 Å². The van der Waals surface area contributed by atoms with Gasteiger partial charge in [0.25, 0.3) is 0 Å². The van der Waals surface area contributed by atoms with E-state index >= 15 is 0 Å². The third-order valence-corrected chi connectivity index (χ3v) is 7.49. The number of rotatable bonds is 6. The summed E-state index contributed by atoms with van der Waals surface area (Å²) in [5.74, 6) is 0.0432. The summed E-state index contributed by atoms with van der Waals surface area (Å²) in [6.07, 6.45) is 1.37. The zero-order valence-corrected chi connectivity index (χ0v) is 21.2. The molecule has 2 atom stereocenters. The van der Waals surface area contributed by atoms with Crippen molar-refractivity contribution in [1.82, 2.24) is 9.88 Å². The van der Waals surface area contributed by atoms with Gasteiger partial charge in [-0.1, -0.05) is 0 Å². The second-order valence-electron chi connectivity index (χ2n) is 9.07. The van der Waals surface area contributed by atoms with E-state index in [4.69, 9.17) is 14.2 Å². The Kier molecular flexibility index (Phi) is 7.56. The molecule has 0 radical (unpaired) electrons.